The minimum Gasteiger partial charge on any atom is -0.465 e. The van der Waals surface area contributed by atoms with E-state index in [-0.39, 0.29) is 11.1 Å². The van der Waals surface area contributed by atoms with Crippen LogP contribution in [-0.4, -0.2) is 38.9 Å². The Labute approximate surface area is 178 Å². The first-order valence-corrected chi connectivity index (χ1v) is 9.51. The van der Waals surface area contributed by atoms with E-state index in [4.69, 9.17) is 5.73 Å². The fraction of sp³-hybridized carbons (Fsp3) is 0.227. The number of carbonyl (C=O) groups is 3. The lowest BCUT2D eigenvalue weighted by Gasteiger charge is -2.33. The molecular weight excluding hydrogens is 398 g/mol. The largest absolute Gasteiger partial charge is 0.465 e. The molecule has 0 aliphatic heterocycles. The molecule has 0 aliphatic carbocycles. The van der Waals surface area contributed by atoms with Crippen molar-refractivity contribution in [1.29, 1.82) is 0 Å². The van der Waals surface area contributed by atoms with Crippen LogP contribution in [0.4, 0.5) is 16.3 Å². The number of hydrogen-bond acceptors (Lipinski definition) is 6. The second-order valence-corrected chi connectivity index (χ2v) is 7.98. The maximum Gasteiger partial charge on any atom is 0.412 e. The van der Waals surface area contributed by atoms with Crippen molar-refractivity contribution in [3.8, 4) is 0 Å². The molecule has 1 aromatic heterocycles. The molecule has 0 aliphatic rings. The SMILES string of the molecule is CC(C)(C)N(C(=O)O)c1cccc(CNc2ncnc3c(C(N)=O)cc(C=O)cc23)c1. The number of aromatic nitrogens is 2. The summed E-state index contributed by atoms with van der Waals surface area (Å²) in [6.45, 7) is 5.79. The molecule has 1 heterocycles. The summed E-state index contributed by atoms with van der Waals surface area (Å²) in [5.74, 6) is -0.269. The van der Waals surface area contributed by atoms with Gasteiger partial charge in [-0.15, -0.1) is 0 Å². The number of amides is 2. The van der Waals surface area contributed by atoms with Crippen LogP contribution in [0.1, 0.15) is 47.1 Å². The van der Waals surface area contributed by atoms with Crippen LogP contribution in [0.15, 0.2) is 42.7 Å². The molecule has 0 fully saturated rings. The molecule has 3 rings (SSSR count). The number of rotatable bonds is 6. The van der Waals surface area contributed by atoms with E-state index in [1.54, 1.807) is 24.3 Å². The first-order chi connectivity index (χ1) is 14.6. The van der Waals surface area contributed by atoms with Crippen molar-refractivity contribution in [2.24, 2.45) is 5.73 Å². The average Bonchev–Trinajstić information content (AvgIpc) is 2.70. The van der Waals surface area contributed by atoms with Gasteiger partial charge in [-0.25, -0.2) is 14.8 Å². The van der Waals surface area contributed by atoms with Gasteiger partial charge in [0, 0.05) is 28.7 Å². The standard InChI is InChI=1S/C22H23N5O4/c1-22(2,3)27(21(30)31)15-6-4-5-13(7-15)10-24-20-17-9-14(11-28)8-16(19(23)29)18(17)25-12-26-20/h4-9,11-12H,10H2,1-3H3,(H2,23,29)(H,30,31)(H,24,25,26). The van der Waals surface area contributed by atoms with Crippen molar-refractivity contribution in [1.82, 2.24) is 9.97 Å². The third kappa shape index (κ3) is 4.61. The highest BCUT2D eigenvalue weighted by Gasteiger charge is 2.27. The van der Waals surface area contributed by atoms with Crippen molar-refractivity contribution in [2.45, 2.75) is 32.9 Å². The molecule has 0 unspecified atom stereocenters. The minimum atomic E-state index is -1.04. The quantitative estimate of drug-likeness (QED) is 0.518. The summed E-state index contributed by atoms with van der Waals surface area (Å²) in [7, 11) is 0. The molecule has 0 spiro atoms. The lowest BCUT2D eigenvalue weighted by atomic mass is 10.0. The molecule has 2 amide bonds. The van der Waals surface area contributed by atoms with Crippen LogP contribution in [0.2, 0.25) is 0 Å². The summed E-state index contributed by atoms with van der Waals surface area (Å²) in [6, 6.07) is 10.1. The number of fused-ring (bicyclic) bond motifs is 1. The van der Waals surface area contributed by atoms with E-state index in [9.17, 15) is 19.5 Å². The number of carboxylic acid groups (broad SMARTS) is 1. The monoisotopic (exact) mass is 421 g/mol. The second kappa shape index (κ2) is 8.39. The van der Waals surface area contributed by atoms with E-state index in [1.165, 1.54) is 17.3 Å². The van der Waals surface area contributed by atoms with E-state index in [0.717, 1.165) is 5.56 Å². The number of aldehydes is 1. The molecule has 9 nitrogen and oxygen atoms in total. The predicted octanol–water partition coefficient (Wildman–Crippen LogP) is 3.44. The number of benzene rings is 2. The number of anilines is 2. The Kier molecular flexibility index (Phi) is 5.87. The molecule has 2 aromatic carbocycles. The molecule has 0 bridgehead atoms. The normalized spacial score (nSPS) is 11.2. The summed E-state index contributed by atoms with van der Waals surface area (Å²) < 4.78 is 0. The zero-order chi connectivity index (χ0) is 22.8. The van der Waals surface area contributed by atoms with Gasteiger partial charge in [-0.2, -0.15) is 0 Å². The van der Waals surface area contributed by atoms with E-state index in [2.05, 4.69) is 15.3 Å². The van der Waals surface area contributed by atoms with Gasteiger partial charge in [-0.1, -0.05) is 12.1 Å². The smallest absolute Gasteiger partial charge is 0.412 e. The maximum atomic E-state index is 11.8. The Morgan fingerprint density at radius 3 is 2.55 bits per heavy atom. The fourth-order valence-corrected chi connectivity index (χ4v) is 3.36. The van der Waals surface area contributed by atoms with Gasteiger partial charge in [0.2, 0.25) is 0 Å². The van der Waals surface area contributed by atoms with Crippen LogP contribution < -0.4 is 16.0 Å². The van der Waals surface area contributed by atoms with Crippen molar-refractivity contribution in [3.05, 3.63) is 59.4 Å². The van der Waals surface area contributed by atoms with Gasteiger partial charge in [0.15, 0.2) is 0 Å². The molecule has 4 N–H and O–H groups in total. The lowest BCUT2D eigenvalue weighted by molar-refractivity contribution is 0.100. The number of hydrogen-bond donors (Lipinski definition) is 3. The van der Waals surface area contributed by atoms with Crippen molar-refractivity contribution >= 4 is 40.7 Å². The fourth-order valence-electron chi connectivity index (χ4n) is 3.36. The van der Waals surface area contributed by atoms with Crippen LogP contribution in [0.5, 0.6) is 0 Å². The van der Waals surface area contributed by atoms with Crippen LogP contribution in [0.3, 0.4) is 0 Å². The summed E-state index contributed by atoms with van der Waals surface area (Å²) in [5.41, 5.74) is 6.95. The zero-order valence-corrected chi connectivity index (χ0v) is 17.4. The van der Waals surface area contributed by atoms with Gasteiger partial charge in [0.1, 0.15) is 18.4 Å². The van der Waals surface area contributed by atoms with Crippen LogP contribution in [0.25, 0.3) is 10.9 Å². The first kappa shape index (κ1) is 21.7. The van der Waals surface area contributed by atoms with Gasteiger partial charge in [-0.3, -0.25) is 14.5 Å². The minimum absolute atomic E-state index is 0.134. The van der Waals surface area contributed by atoms with Gasteiger partial charge in [0.25, 0.3) is 5.91 Å². The Balaban J connectivity index is 1.95. The third-order valence-electron chi connectivity index (χ3n) is 4.65. The van der Waals surface area contributed by atoms with Crippen LogP contribution in [-0.2, 0) is 6.54 Å². The Morgan fingerprint density at radius 2 is 1.94 bits per heavy atom. The Bertz CT molecular complexity index is 1170. The maximum absolute atomic E-state index is 11.8. The van der Waals surface area contributed by atoms with Gasteiger partial charge in [-0.05, 0) is 50.6 Å². The highest BCUT2D eigenvalue weighted by Crippen LogP contribution is 2.27. The van der Waals surface area contributed by atoms with Gasteiger partial charge >= 0.3 is 6.09 Å². The van der Waals surface area contributed by atoms with E-state index < -0.39 is 17.5 Å². The van der Waals surface area contributed by atoms with Gasteiger partial charge in [0.05, 0.1) is 11.1 Å². The number of carbonyl (C=O) groups excluding carboxylic acids is 2. The summed E-state index contributed by atoms with van der Waals surface area (Å²) in [4.78, 5) is 44.5. The highest BCUT2D eigenvalue weighted by atomic mass is 16.4. The highest BCUT2D eigenvalue weighted by molar-refractivity contribution is 6.08. The summed E-state index contributed by atoms with van der Waals surface area (Å²) in [5, 5.41) is 13.3. The van der Waals surface area contributed by atoms with E-state index in [1.807, 2.05) is 26.8 Å². The molecular formula is C22H23N5O4. The second-order valence-electron chi connectivity index (χ2n) is 7.98. The van der Waals surface area contributed by atoms with Gasteiger partial charge < -0.3 is 16.2 Å². The van der Waals surface area contributed by atoms with E-state index >= 15 is 0 Å². The Hall–Kier alpha value is -4.01. The Morgan fingerprint density at radius 1 is 1.19 bits per heavy atom. The van der Waals surface area contributed by atoms with Crippen LogP contribution in [0, 0.1) is 0 Å². The van der Waals surface area contributed by atoms with Crippen molar-refractivity contribution in [3.63, 3.8) is 0 Å². The number of nitrogens with two attached hydrogens (primary N) is 1. The number of primary amides is 1. The average molecular weight is 421 g/mol. The number of nitrogens with one attached hydrogen (secondary N) is 1. The van der Waals surface area contributed by atoms with Crippen molar-refractivity contribution in [2.75, 3.05) is 10.2 Å². The van der Waals surface area contributed by atoms with Crippen LogP contribution >= 0.6 is 0 Å². The third-order valence-corrected chi connectivity index (χ3v) is 4.65. The molecule has 160 valence electrons. The molecule has 0 radical (unpaired) electrons. The zero-order valence-electron chi connectivity index (χ0n) is 17.4. The lowest BCUT2D eigenvalue weighted by Crippen LogP contribution is -2.45. The molecule has 0 saturated carbocycles. The molecule has 3 aromatic rings. The molecule has 0 saturated heterocycles. The van der Waals surface area contributed by atoms with Crippen molar-refractivity contribution < 1.29 is 19.5 Å². The molecule has 0 atom stereocenters. The molecule has 31 heavy (non-hydrogen) atoms. The van der Waals surface area contributed by atoms with E-state index in [0.29, 0.717) is 35.2 Å². The first-order valence-electron chi connectivity index (χ1n) is 9.51. The summed E-state index contributed by atoms with van der Waals surface area (Å²) >= 11 is 0. The number of nitrogens with zero attached hydrogens (tertiary/aromatic N) is 3. The predicted molar refractivity (Wildman–Crippen MR) is 117 cm³/mol. The summed E-state index contributed by atoms with van der Waals surface area (Å²) in [6.07, 6.45) is 0.888. The topological polar surface area (TPSA) is 139 Å². The molecule has 9 heteroatoms.